The topological polar surface area (TPSA) is 3.24 Å². The van der Waals surface area contributed by atoms with Crippen molar-refractivity contribution >= 4 is 21.4 Å². The highest BCUT2D eigenvalue weighted by Crippen LogP contribution is 2.36. The fourth-order valence-electron chi connectivity index (χ4n) is 2.55. The van der Waals surface area contributed by atoms with E-state index >= 15 is 0 Å². The second kappa shape index (κ2) is 4.07. The zero-order valence-corrected chi connectivity index (χ0v) is 11.0. The summed E-state index contributed by atoms with van der Waals surface area (Å²) in [4.78, 5) is 3.83. The van der Waals surface area contributed by atoms with Crippen molar-refractivity contribution in [3.8, 4) is 0 Å². The number of fused-ring (bicyclic) bond motifs is 3. The monoisotopic (exact) mass is 249 g/mol. The molecule has 0 fully saturated rings. The lowest BCUT2D eigenvalue weighted by Gasteiger charge is -2.11. The number of aryl methyl sites for hydroxylation is 1. The fourth-order valence-corrected chi connectivity index (χ4v) is 3.88. The van der Waals surface area contributed by atoms with Gasteiger partial charge in [0.15, 0.2) is 0 Å². The van der Waals surface area contributed by atoms with Crippen LogP contribution in [0.25, 0.3) is 10.1 Å². The van der Waals surface area contributed by atoms with Crippen molar-refractivity contribution < 1.29 is 4.39 Å². The number of rotatable bonds is 0. The lowest BCUT2D eigenvalue weighted by atomic mass is 10.1. The normalized spacial score (nSPS) is 17.1. The molecule has 3 heteroatoms. The number of nitrogens with zero attached hydrogens (tertiary/aromatic N) is 1. The Balaban J connectivity index is 2.20. The van der Waals surface area contributed by atoms with E-state index in [0.29, 0.717) is 0 Å². The van der Waals surface area contributed by atoms with Gasteiger partial charge in [0.25, 0.3) is 0 Å². The van der Waals surface area contributed by atoms with Crippen molar-refractivity contribution in [2.24, 2.45) is 0 Å². The third-order valence-corrected chi connectivity index (χ3v) is 5.12. The minimum absolute atomic E-state index is 0.0778. The summed E-state index contributed by atoms with van der Waals surface area (Å²) >= 11 is 1.79. The van der Waals surface area contributed by atoms with Gasteiger partial charge in [-0.05, 0) is 43.8 Å². The van der Waals surface area contributed by atoms with Gasteiger partial charge in [0.05, 0.1) is 0 Å². The Morgan fingerprint density at radius 3 is 2.82 bits per heavy atom. The first-order valence-corrected chi connectivity index (χ1v) is 6.86. The first-order chi connectivity index (χ1) is 8.16. The maximum Gasteiger partial charge on any atom is 0.127 e. The maximum absolute atomic E-state index is 13.6. The quantitative estimate of drug-likeness (QED) is 0.692. The van der Waals surface area contributed by atoms with Crippen LogP contribution in [0.2, 0.25) is 0 Å². The molecule has 1 aliphatic rings. The molecule has 0 N–H and O–H groups in total. The number of hydrogen-bond donors (Lipinski definition) is 0. The standard InChI is InChI=1S/C14H16FNS/c1-9-12(15)4-3-11-10-5-7-16(2)8-6-13(10)17-14(9)11/h3-4H,5-8H2,1-2H3. The molecule has 1 aromatic heterocycles. The van der Waals surface area contributed by atoms with Gasteiger partial charge in [0.2, 0.25) is 0 Å². The molecular formula is C14H16FNS. The Labute approximate surface area is 105 Å². The van der Waals surface area contributed by atoms with E-state index in [0.717, 1.165) is 36.2 Å². The van der Waals surface area contributed by atoms with Gasteiger partial charge in [0, 0.05) is 28.2 Å². The van der Waals surface area contributed by atoms with Crippen LogP contribution < -0.4 is 0 Å². The van der Waals surface area contributed by atoms with Crippen molar-refractivity contribution in [2.75, 3.05) is 20.1 Å². The molecule has 1 aliphatic heterocycles. The van der Waals surface area contributed by atoms with Crippen LogP contribution in [0.1, 0.15) is 16.0 Å². The molecule has 0 unspecified atom stereocenters. The van der Waals surface area contributed by atoms with Gasteiger partial charge in [-0.2, -0.15) is 0 Å². The predicted molar refractivity (Wildman–Crippen MR) is 71.4 cm³/mol. The summed E-state index contributed by atoms with van der Waals surface area (Å²) in [7, 11) is 2.17. The van der Waals surface area contributed by atoms with Crippen molar-refractivity contribution in [2.45, 2.75) is 19.8 Å². The Morgan fingerprint density at radius 2 is 2.00 bits per heavy atom. The number of thiophene rings is 1. The van der Waals surface area contributed by atoms with Gasteiger partial charge >= 0.3 is 0 Å². The Kier molecular flexibility index (Phi) is 2.68. The number of hydrogen-bond acceptors (Lipinski definition) is 2. The van der Waals surface area contributed by atoms with Crippen molar-refractivity contribution in [1.29, 1.82) is 0 Å². The second-order valence-corrected chi connectivity index (χ2v) is 5.96. The van der Waals surface area contributed by atoms with Crippen LogP contribution >= 0.6 is 11.3 Å². The molecule has 2 aromatic rings. The average Bonchev–Trinajstić information content (AvgIpc) is 2.57. The Morgan fingerprint density at radius 1 is 1.24 bits per heavy atom. The molecule has 2 heterocycles. The minimum atomic E-state index is -0.0778. The van der Waals surface area contributed by atoms with E-state index in [1.165, 1.54) is 15.8 Å². The summed E-state index contributed by atoms with van der Waals surface area (Å²) in [6.45, 7) is 4.11. The molecular weight excluding hydrogens is 233 g/mol. The van der Waals surface area contributed by atoms with Gasteiger partial charge in [-0.25, -0.2) is 4.39 Å². The van der Waals surface area contributed by atoms with Gasteiger partial charge in [-0.3, -0.25) is 0 Å². The smallest absolute Gasteiger partial charge is 0.127 e. The highest BCUT2D eigenvalue weighted by molar-refractivity contribution is 7.19. The molecule has 0 saturated carbocycles. The summed E-state index contributed by atoms with van der Waals surface area (Å²) in [5.41, 5.74) is 2.27. The molecule has 0 spiro atoms. The minimum Gasteiger partial charge on any atom is -0.306 e. The zero-order chi connectivity index (χ0) is 12.0. The fraction of sp³-hybridized carbons (Fsp3) is 0.429. The lowest BCUT2D eigenvalue weighted by molar-refractivity contribution is 0.353. The highest BCUT2D eigenvalue weighted by atomic mass is 32.1. The first kappa shape index (κ1) is 11.2. The Hall–Kier alpha value is -0.930. The SMILES string of the molecule is Cc1c(F)ccc2c3c(sc12)CCN(C)CC3. The van der Waals surface area contributed by atoms with E-state index in [4.69, 9.17) is 0 Å². The van der Waals surface area contributed by atoms with Crippen LogP contribution in [0.5, 0.6) is 0 Å². The molecule has 1 aromatic carbocycles. The van der Waals surface area contributed by atoms with Crippen LogP contribution in [0.3, 0.4) is 0 Å². The van der Waals surface area contributed by atoms with E-state index < -0.39 is 0 Å². The third-order valence-electron chi connectivity index (χ3n) is 3.69. The average molecular weight is 249 g/mol. The van der Waals surface area contributed by atoms with Crippen LogP contribution in [0.4, 0.5) is 4.39 Å². The van der Waals surface area contributed by atoms with Crippen LogP contribution in [-0.4, -0.2) is 25.0 Å². The van der Waals surface area contributed by atoms with E-state index in [1.807, 2.05) is 13.0 Å². The molecule has 90 valence electrons. The molecule has 0 amide bonds. The zero-order valence-electron chi connectivity index (χ0n) is 10.2. The third kappa shape index (κ3) is 1.78. The van der Waals surface area contributed by atoms with Crippen molar-refractivity contribution in [3.63, 3.8) is 0 Å². The van der Waals surface area contributed by atoms with E-state index in [9.17, 15) is 4.39 Å². The predicted octanol–water partition coefficient (Wildman–Crippen LogP) is 3.38. The number of halogens is 1. The number of likely N-dealkylation sites (N-methyl/N-ethyl adjacent to an activating group) is 1. The number of benzene rings is 1. The lowest BCUT2D eigenvalue weighted by Crippen LogP contribution is -2.20. The van der Waals surface area contributed by atoms with Gasteiger partial charge < -0.3 is 4.90 Å². The summed E-state index contributed by atoms with van der Waals surface area (Å²) in [6.07, 6.45) is 2.20. The van der Waals surface area contributed by atoms with E-state index in [1.54, 1.807) is 17.4 Å². The molecule has 0 saturated heterocycles. The molecule has 0 radical (unpaired) electrons. The summed E-state index contributed by atoms with van der Waals surface area (Å²) in [5, 5.41) is 1.28. The molecule has 0 bridgehead atoms. The maximum atomic E-state index is 13.6. The molecule has 0 aliphatic carbocycles. The summed E-state index contributed by atoms with van der Waals surface area (Å²) in [5.74, 6) is -0.0778. The largest absolute Gasteiger partial charge is 0.306 e. The first-order valence-electron chi connectivity index (χ1n) is 6.04. The van der Waals surface area contributed by atoms with Crippen LogP contribution in [0, 0.1) is 12.7 Å². The highest BCUT2D eigenvalue weighted by Gasteiger charge is 2.18. The van der Waals surface area contributed by atoms with Crippen molar-refractivity contribution in [1.82, 2.24) is 4.90 Å². The van der Waals surface area contributed by atoms with Gasteiger partial charge in [0.1, 0.15) is 5.82 Å². The van der Waals surface area contributed by atoms with Crippen LogP contribution in [0.15, 0.2) is 12.1 Å². The van der Waals surface area contributed by atoms with Crippen LogP contribution in [-0.2, 0) is 12.8 Å². The summed E-state index contributed by atoms with van der Waals surface area (Å²) < 4.78 is 14.7. The summed E-state index contributed by atoms with van der Waals surface area (Å²) in [6, 6.07) is 3.57. The molecule has 1 nitrogen and oxygen atoms in total. The molecule has 17 heavy (non-hydrogen) atoms. The second-order valence-electron chi connectivity index (χ2n) is 4.86. The van der Waals surface area contributed by atoms with E-state index in [-0.39, 0.29) is 5.82 Å². The van der Waals surface area contributed by atoms with E-state index in [2.05, 4.69) is 11.9 Å². The molecule has 3 rings (SSSR count). The van der Waals surface area contributed by atoms with Gasteiger partial charge in [-0.15, -0.1) is 11.3 Å². The van der Waals surface area contributed by atoms with Crippen molar-refractivity contribution in [3.05, 3.63) is 34.0 Å². The molecule has 0 atom stereocenters. The Bertz CT molecular complexity index is 573. The van der Waals surface area contributed by atoms with Gasteiger partial charge in [-0.1, -0.05) is 6.07 Å².